The number of terminal acetylenes is 2. The van der Waals surface area contributed by atoms with Crippen molar-refractivity contribution in [3.63, 3.8) is 0 Å². The van der Waals surface area contributed by atoms with Crippen LogP contribution in [0.4, 0.5) is 0 Å². The highest BCUT2D eigenvalue weighted by molar-refractivity contribution is 6.54. The first-order valence-corrected chi connectivity index (χ1v) is 8.68. The molecule has 0 aromatic rings. The summed E-state index contributed by atoms with van der Waals surface area (Å²) in [5.41, 5.74) is -1.17. The van der Waals surface area contributed by atoms with E-state index in [0.29, 0.717) is 0 Å². The zero-order chi connectivity index (χ0) is 12.7. The predicted molar refractivity (Wildman–Crippen MR) is 71.7 cm³/mol. The first kappa shape index (κ1) is 16.7. The first-order chi connectivity index (χ1) is 6.56. The van der Waals surface area contributed by atoms with E-state index >= 15 is 0 Å². The molecule has 0 amide bonds. The monoisotopic (exact) mass is 224 g/mol. The van der Waals surface area contributed by atoms with Gasteiger partial charge in [0.15, 0.2) is 0 Å². The summed E-state index contributed by atoms with van der Waals surface area (Å²) >= 11 is 0. The third-order valence-corrected chi connectivity index (χ3v) is 1.21. The molecule has 0 spiro atoms. The van der Waals surface area contributed by atoms with E-state index in [4.69, 9.17) is 17.6 Å². The molecule has 1 nitrogen and oxygen atoms in total. The lowest BCUT2D eigenvalue weighted by Gasteiger charge is -2.28. The maximum Gasteiger partial charge on any atom is 0.124 e. The molecule has 0 radical (unpaired) electrons. The van der Waals surface area contributed by atoms with Gasteiger partial charge in [-0.25, -0.2) is 0 Å². The van der Waals surface area contributed by atoms with Crippen LogP contribution in [0.25, 0.3) is 0 Å². The third kappa shape index (κ3) is 13.3. The van der Waals surface area contributed by atoms with Crippen molar-refractivity contribution in [1.29, 1.82) is 0 Å². The molecule has 0 aliphatic carbocycles. The van der Waals surface area contributed by atoms with Crippen LogP contribution in [0, 0.1) is 24.7 Å². The SMILES string of the molecule is C#CC(C)(C)OC(C)(C)C#C.C[SiH](C)C. The average molecular weight is 224 g/mol. The van der Waals surface area contributed by atoms with Gasteiger partial charge in [0, 0.05) is 8.80 Å². The Bertz CT molecular complexity index is 224. The second-order valence-electron chi connectivity index (χ2n) is 5.14. The summed E-state index contributed by atoms with van der Waals surface area (Å²) < 4.78 is 5.45. The van der Waals surface area contributed by atoms with Crippen LogP contribution in [-0.4, -0.2) is 20.0 Å². The van der Waals surface area contributed by atoms with Crippen molar-refractivity contribution in [2.75, 3.05) is 0 Å². The normalized spacial score (nSPS) is 11.1. The quantitative estimate of drug-likeness (QED) is 0.518. The van der Waals surface area contributed by atoms with Gasteiger partial charge in [0.1, 0.15) is 11.2 Å². The minimum atomic E-state index is -0.587. The lowest BCUT2D eigenvalue weighted by atomic mass is 10.1. The zero-order valence-corrected chi connectivity index (χ0v) is 12.3. The zero-order valence-electron chi connectivity index (χ0n) is 11.1. The summed E-state index contributed by atoms with van der Waals surface area (Å²) in [4.78, 5) is 0. The Hall–Kier alpha value is -0.703. The summed E-state index contributed by atoms with van der Waals surface area (Å²) in [6.45, 7) is 14.2. The van der Waals surface area contributed by atoms with Crippen LogP contribution in [0.5, 0.6) is 0 Å². The molecule has 0 saturated carbocycles. The van der Waals surface area contributed by atoms with Gasteiger partial charge in [-0.15, -0.1) is 12.8 Å². The van der Waals surface area contributed by atoms with Gasteiger partial charge in [-0.1, -0.05) is 31.5 Å². The van der Waals surface area contributed by atoms with E-state index in [1.807, 2.05) is 27.7 Å². The van der Waals surface area contributed by atoms with E-state index in [0.717, 1.165) is 0 Å². The van der Waals surface area contributed by atoms with Crippen LogP contribution in [0.3, 0.4) is 0 Å². The van der Waals surface area contributed by atoms with E-state index in [1.165, 1.54) is 0 Å². The van der Waals surface area contributed by atoms with E-state index in [2.05, 4.69) is 31.5 Å². The Morgan fingerprint density at radius 3 is 1.20 bits per heavy atom. The van der Waals surface area contributed by atoms with Crippen molar-refractivity contribution in [3.05, 3.63) is 0 Å². The van der Waals surface area contributed by atoms with Crippen LogP contribution in [0.2, 0.25) is 19.6 Å². The third-order valence-electron chi connectivity index (χ3n) is 1.21. The van der Waals surface area contributed by atoms with Gasteiger partial charge in [0.05, 0.1) is 0 Å². The molecule has 0 unspecified atom stereocenters. The van der Waals surface area contributed by atoms with Crippen molar-refractivity contribution in [2.45, 2.75) is 58.5 Å². The Morgan fingerprint density at radius 2 is 1.07 bits per heavy atom. The van der Waals surface area contributed by atoms with E-state index in [9.17, 15) is 0 Å². The molecule has 0 rings (SSSR count). The van der Waals surface area contributed by atoms with Crippen LogP contribution < -0.4 is 0 Å². The lowest BCUT2D eigenvalue weighted by Crippen LogP contribution is -2.34. The standard InChI is InChI=1S/C10H14O.C3H10Si/c1-7-9(3,4)11-10(5,6)8-2;1-4(2)3/h1-2H,3-6H3;4H,1-3H3. The maximum absolute atomic E-state index is 5.45. The van der Waals surface area contributed by atoms with Crippen LogP contribution in [0.1, 0.15) is 27.7 Å². The molecule has 2 heteroatoms. The van der Waals surface area contributed by atoms with Crippen molar-refractivity contribution >= 4 is 8.80 Å². The van der Waals surface area contributed by atoms with Gasteiger partial charge in [0.25, 0.3) is 0 Å². The van der Waals surface area contributed by atoms with Gasteiger partial charge >= 0.3 is 0 Å². The van der Waals surface area contributed by atoms with Crippen LogP contribution >= 0.6 is 0 Å². The van der Waals surface area contributed by atoms with Crippen LogP contribution in [0.15, 0.2) is 0 Å². The molecule has 0 aromatic heterocycles. The van der Waals surface area contributed by atoms with Crippen LogP contribution in [-0.2, 0) is 4.74 Å². The Labute approximate surface area is 97.2 Å². The molecule has 0 heterocycles. The Kier molecular flexibility index (Phi) is 7.49. The molecular weight excluding hydrogens is 200 g/mol. The van der Waals surface area contributed by atoms with Gasteiger partial charge in [-0.2, -0.15) is 0 Å². The van der Waals surface area contributed by atoms with E-state index in [1.54, 1.807) is 0 Å². The molecule has 0 aliphatic heterocycles. The van der Waals surface area contributed by atoms with Gasteiger partial charge < -0.3 is 4.74 Å². The maximum atomic E-state index is 5.45. The fraction of sp³-hybridized carbons (Fsp3) is 0.692. The summed E-state index contributed by atoms with van der Waals surface area (Å²) in [5, 5.41) is 0. The molecule has 0 bridgehead atoms. The second-order valence-corrected chi connectivity index (χ2v) is 8.61. The average Bonchev–Trinajstić information content (AvgIpc) is 2.02. The minimum absolute atomic E-state index is 0.139. The summed E-state index contributed by atoms with van der Waals surface area (Å²) in [5.74, 6) is 5.03. The molecule has 0 aromatic carbocycles. The van der Waals surface area contributed by atoms with Gasteiger partial charge in [-0.3, -0.25) is 0 Å². The van der Waals surface area contributed by atoms with Gasteiger partial charge in [0.2, 0.25) is 0 Å². The minimum Gasteiger partial charge on any atom is -0.344 e. The lowest BCUT2D eigenvalue weighted by molar-refractivity contribution is -0.0568. The second kappa shape index (κ2) is 6.72. The molecule has 0 fully saturated rings. The largest absolute Gasteiger partial charge is 0.344 e. The summed E-state index contributed by atoms with van der Waals surface area (Å²) in [6, 6.07) is 0. The predicted octanol–water partition coefficient (Wildman–Crippen LogP) is 2.93. The van der Waals surface area contributed by atoms with Crippen molar-refractivity contribution in [1.82, 2.24) is 0 Å². The number of hydrogen-bond acceptors (Lipinski definition) is 1. The van der Waals surface area contributed by atoms with Crippen molar-refractivity contribution < 1.29 is 4.74 Å². The molecule has 0 atom stereocenters. The molecular formula is C13H24OSi. The fourth-order valence-corrected chi connectivity index (χ4v) is 0.697. The van der Waals surface area contributed by atoms with E-state index < -0.39 is 11.2 Å². The van der Waals surface area contributed by atoms with Crippen molar-refractivity contribution in [2.24, 2.45) is 0 Å². The highest BCUT2D eigenvalue weighted by atomic mass is 28.3. The first-order valence-electron chi connectivity index (χ1n) is 5.22. The van der Waals surface area contributed by atoms with Crippen molar-refractivity contribution in [3.8, 4) is 24.7 Å². The number of hydrogen-bond donors (Lipinski definition) is 0. The Morgan fingerprint density at radius 1 is 0.867 bits per heavy atom. The fourth-order valence-electron chi connectivity index (χ4n) is 0.697. The smallest absolute Gasteiger partial charge is 0.124 e. The topological polar surface area (TPSA) is 9.23 Å². The van der Waals surface area contributed by atoms with E-state index in [-0.39, 0.29) is 8.80 Å². The summed E-state index contributed by atoms with van der Waals surface area (Å²) in [6.07, 6.45) is 10.4. The number of ether oxygens (including phenoxy) is 1. The molecule has 15 heavy (non-hydrogen) atoms. The highest BCUT2D eigenvalue weighted by Crippen LogP contribution is 2.18. The highest BCUT2D eigenvalue weighted by Gasteiger charge is 2.25. The Balaban J connectivity index is 0. The van der Waals surface area contributed by atoms with Gasteiger partial charge in [-0.05, 0) is 27.7 Å². The molecule has 0 aliphatic rings. The molecule has 0 saturated heterocycles. The molecule has 0 N–H and O–H groups in total. The summed E-state index contributed by atoms with van der Waals surface area (Å²) in [7, 11) is -0.139. The number of rotatable bonds is 2. The molecule has 86 valence electrons.